The van der Waals surface area contributed by atoms with Crippen LogP contribution in [0.4, 0.5) is 11.4 Å². The molecule has 0 saturated carbocycles. The highest BCUT2D eigenvalue weighted by Gasteiger charge is 2.17. The van der Waals surface area contributed by atoms with Crippen molar-refractivity contribution in [3.8, 4) is 0 Å². The van der Waals surface area contributed by atoms with Crippen molar-refractivity contribution in [1.82, 2.24) is 0 Å². The second-order valence-corrected chi connectivity index (χ2v) is 6.01. The Balaban J connectivity index is 2.11. The fraction of sp³-hybridized carbons (Fsp3) is 0.500. The maximum absolute atomic E-state index is 11.7. The molecule has 1 saturated heterocycles. The highest BCUT2D eigenvalue weighted by atomic mass is 32.2. The molecule has 0 amide bonds. The topological polar surface area (TPSA) is 64.3 Å². The Morgan fingerprint density at radius 1 is 1.58 bits per heavy atom. The van der Waals surface area contributed by atoms with Crippen LogP contribution in [-0.2, 0) is 4.74 Å². The lowest BCUT2D eigenvalue weighted by Gasteiger charge is -2.14. The summed E-state index contributed by atoms with van der Waals surface area (Å²) < 4.78 is 4.75. The Bertz CT molecular complexity index is 471. The third-order valence-corrected chi connectivity index (χ3v) is 4.64. The Labute approximate surface area is 118 Å². The summed E-state index contributed by atoms with van der Waals surface area (Å²) in [5.74, 6) is 2.79. The fourth-order valence-corrected chi connectivity index (χ4v) is 3.47. The number of aryl methyl sites for hydroxylation is 1. The molecule has 0 radical (unpaired) electrons. The number of nitrogen functional groups attached to an aromatic ring is 1. The molecule has 104 valence electrons. The van der Waals surface area contributed by atoms with Crippen molar-refractivity contribution >= 4 is 29.1 Å². The number of carbonyl (C=O) groups excluding carboxylic acids is 1. The summed E-state index contributed by atoms with van der Waals surface area (Å²) in [6.07, 6.45) is 1.26. The molecule has 1 aliphatic rings. The van der Waals surface area contributed by atoms with Crippen LogP contribution in [0.3, 0.4) is 0 Å². The average molecular weight is 280 g/mol. The van der Waals surface area contributed by atoms with E-state index in [9.17, 15) is 4.79 Å². The van der Waals surface area contributed by atoms with Gasteiger partial charge in [-0.2, -0.15) is 11.8 Å². The number of esters is 1. The van der Waals surface area contributed by atoms with E-state index in [1.165, 1.54) is 25.0 Å². The lowest BCUT2D eigenvalue weighted by Crippen LogP contribution is -2.15. The zero-order valence-corrected chi connectivity index (χ0v) is 12.2. The summed E-state index contributed by atoms with van der Waals surface area (Å²) in [7, 11) is 1.37. The number of thioether (sulfide) groups is 1. The van der Waals surface area contributed by atoms with E-state index in [1.807, 2.05) is 24.8 Å². The van der Waals surface area contributed by atoms with E-state index in [1.54, 1.807) is 6.07 Å². The molecule has 1 unspecified atom stereocenters. The van der Waals surface area contributed by atoms with Gasteiger partial charge in [0.25, 0.3) is 0 Å². The van der Waals surface area contributed by atoms with Crippen molar-refractivity contribution in [3.63, 3.8) is 0 Å². The summed E-state index contributed by atoms with van der Waals surface area (Å²) in [6, 6.07) is 3.75. The third kappa shape index (κ3) is 3.35. The number of ether oxygens (including phenoxy) is 1. The van der Waals surface area contributed by atoms with Crippen LogP contribution in [0.1, 0.15) is 22.3 Å². The molecule has 0 bridgehead atoms. The second-order valence-electron chi connectivity index (χ2n) is 4.86. The van der Waals surface area contributed by atoms with E-state index in [4.69, 9.17) is 10.5 Å². The van der Waals surface area contributed by atoms with Crippen molar-refractivity contribution in [2.24, 2.45) is 5.92 Å². The molecule has 0 spiro atoms. The van der Waals surface area contributed by atoms with Gasteiger partial charge in [-0.15, -0.1) is 0 Å². The predicted octanol–water partition coefficient (Wildman–Crippen LogP) is 2.53. The number of nitrogens with two attached hydrogens (primary N) is 1. The number of benzene rings is 1. The standard InChI is InChI=1S/C14H20N2O2S/c1-9-5-11(16-7-10-3-4-19-8-10)6-12(13(9)15)14(17)18-2/h5-6,10,16H,3-4,7-8,15H2,1-2H3. The average Bonchev–Trinajstić information content (AvgIpc) is 2.92. The van der Waals surface area contributed by atoms with E-state index in [0.29, 0.717) is 17.2 Å². The number of anilines is 2. The third-order valence-electron chi connectivity index (χ3n) is 3.41. The van der Waals surface area contributed by atoms with Crippen LogP contribution in [0.15, 0.2) is 12.1 Å². The monoisotopic (exact) mass is 280 g/mol. The molecule has 19 heavy (non-hydrogen) atoms. The largest absolute Gasteiger partial charge is 0.465 e. The van der Waals surface area contributed by atoms with Crippen LogP contribution in [0.25, 0.3) is 0 Å². The van der Waals surface area contributed by atoms with Crippen molar-refractivity contribution in [2.75, 3.05) is 36.2 Å². The van der Waals surface area contributed by atoms with E-state index in [0.717, 1.165) is 17.8 Å². The zero-order chi connectivity index (χ0) is 13.8. The van der Waals surface area contributed by atoms with E-state index in [2.05, 4.69) is 5.32 Å². The number of hydrogen-bond acceptors (Lipinski definition) is 5. The van der Waals surface area contributed by atoms with Gasteiger partial charge in [-0.1, -0.05) is 0 Å². The molecule has 1 aromatic rings. The first kappa shape index (κ1) is 14.1. The molecule has 0 aromatic heterocycles. The van der Waals surface area contributed by atoms with Crippen LogP contribution in [0.5, 0.6) is 0 Å². The molecule has 1 fully saturated rings. The fourth-order valence-electron chi connectivity index (χ4n) is 2.19. The van der Waals surface area contributed by atoms with Gasteiger partial charge in [0, 0.05) is 17.9 Å². The van der Waals surface area contributed by atoms with Gasteiger partial charge in [0.05, 0.1) is 12.7 Å². The summed E-state index contributed by atoms with van der Waals surface area (Å²) in [5.41, 5.74) is 8.67. The summed E-state index contributed by atoms with van der Waals surface area (Å²) in [4.78, 5) is 11.7. The van der Waals surface area contributed by atoms with Gasteiger partial charge in [-0.25, -0.2) is 4.79 Å². The maximum atomic E-state index is 11.7. The number of methoxy groups -OCH3 is 1. The van der Waals surface area contributed by atoms with Gasteiger partial charge in [0.1, 0.15) is 0 Å². The minimum atomic E-state index is -0.388. The first-order chi connectivity index (χ1) is 9.11. The molecular formula is C14H20N2O2S. The van der Waals surface area contributed by atoms with E-state index >= 15 is 0 Å². The normalized spacial score (nSPS) is 18.3. The van der Waals surface area contributed by atoms with Gasteiger partial charge < -0.3 is 15.8 Å². The predicted molar refractivity (Wildman–Crippen MR) is 80.9 cm³/mol. The Morgan fingerprint density at radius 3 is 3.00 bits per heavy atom. The minimum absolute atomic E-state index is 0.388. The van der Waals surface area contributed by atoms with Crippen LogP contribution in [0, 0.1) is 12.8 Å². The van der Waals surface area contributed by atoms with Gasteiger partial charge in [0.2, 0.25) is 0 Å². The highest BCUT2D eigenvalue weighted by molar-refractivity contribution is 7.99. The number of carbonyl (C=O) groups is 1. The van der Waals surface area contributed by atoms with Crippen LogP contribution in [0.2, 0.25) is 0 Å². The number of rotatable bonds is 4. The number of hydrogen-bond donors (Lipinski definition) is 2. The first-order valence-corrected chi connectivity index (χ1v) is 7.57. The van der Waals surface area contributed by atoms with Gasteiger partial charge in [0.15, 0.2) is 0 Å². The Hall–Kier alpha value is -1.36. The Kier molecular flexibility index (Phi) is 4.58. The molecule has 1 atom stereocenters. The van der Waals surface area contributed by atoms with Crippen molar-refractivity contribution < 1.29 is 9.53 Å². The van der Waals surface area contributed by atoms with E-state index < -0.39 is 0 Å². The van der Waals surface area contributed by atoms with Crippen LogP contribution >= 0.6 is 11.8 Å². The highest BCUT2D eigenvalue weighted by Crippen LogP contribution is 2.26. The molecule has 5 heteroatoms. The molecule has 1 aliphatic heterocycles. The SMILES string of the molecule is COC(=O)c1cc(NCC2CCSC2)cc(C)c1N. The van der Waals surface area contributed by atoms with Crippen LogP contribution in [-0.4, -0.2) is 31.1 Å². The Morgan fingerprint density at radius 2 is 2.37 bits per heavy atom. The molecule has 1 aromatic carbocycles. The molecule has 2 rings (SSSR count). The molecular weight excluding hydrogens is 260 g/mol. The summed E-state index contributed by atoms with van der Waals surface area (Å²) in [5, 5.41) is 3.40. The van der Waals surface area contributed by atoms with Crippen LogP contribution < -0.4 is 11.1 Å². The smallest absolute Gasteiger partial charge is 0.340 e. The number of nitrogens with one attached hydrogen (secondary N) is 1. The van der Waals surface area contributed by atoms with Crippen molar-refractivity contribution in [2.45, 2.75) is 13.3 Å². The van der Waals surface area contributed by atoms with Gasteiger partial charge >= 0.3 is 5.97 Å². The summed E-state index contributed by atoms with van der Waals surface area (Å²) in [6.45, 7) is 2.84. The quantitative estimate of drug-likeness (QED) is 0.655. The molecule has 0 aliphatic carbocycles. The van der Waals surface area contributed by atoms with Crippen molar-refractivity contribution in [3.05, 3.63) is 23.3 Å². The molecule has 4 nitrogen and oxygen atoms in total. The lowest BCUT2D eigenvalue weighted by molar-refractivity contribution is 0.0602. The maximum Gasteiger partial charge on any atom is 0.340 e. The van der Waals surface area contributed by atoms with Gasteiger partial charge in [-0.05, 0) is 48.5 Å². The van der Waals surface area contributed by atoms with E-state index in [-0.39, 0.29) is 5.97 Å². The molecule has 1 heterocycles. The van der Waals surface area contributed by atoms with Gasteiger partial charge in [-0.3, -0.25) is 0 Å². The second kappa shape index (κ2) is 6.19. The zero-order valence-electron chi connectivity index (χ0n) is 11.4. The van der Waals surface area contributed by atoms with Crippen molar-refractivity contribution in [1.29, 1.82) is 0 Å². The molecule has 3 N–H and O–H groups in total. The lowest BCUT2D eigenvalue weighted by atomic mass is 10.1. The first-order valence-electron chi connectivity index (χ1n) is 6.42. The minimum Gasteiger partial charge on any atom is -0.465 e. The summed E-state index contributed by atoms with van der Waals surface area (Å²) >= 11 is 2.00.